The third-order valence-corrected chi connectivity index (χ3v) is 7.81. The molecule has 8 heteroatoms. The number of thiophene rings is 1. The number of anilines is 1. The molecule has 0 spiro atoms. The SMILES string of the molecule is CCOC(=O)c1c(NS(=O)(=O)c2c(C)cc(OC)cc2C)sc2c1CCCC2. The van der Waals surface area contributed by atoms with Crippen LogP contribution in [-0.4, -0.2) is 28.1 Å². The molecule has 0 saturated carbocycles. The van der Waals surface area contributed by atoms with Crippen LogP contribution >= 0.6 is 11.3 Å². The van der Waals surface area contributed by atoms with Crippen LogP contribution in [0.4, 0.5) is 5.00 Å². The standard InChI is InChI=1S/C20H25NO5S2/c1-5-26-20(22)17-15-8-6-7-9-16(15)27-19(17)21-28(23,24)18-12(2)10-14(25-4)11-13(18)3/h10-11,21H,5-9H2,1-4H3. The van der Waals surface area contributed by atoms with E-state index in [1.54, 1.807) is 40.0 Å². The molecule has 0 atom stereocenters. The molecule has 1 aliphatic rings. The van der Waals surface area contributed by atoms with Crippen molar-refractivity contribution in [2.24, 2.45) is 0 Å². The van der Waals surface area contributed by atoms with Crippen LogP contribution in [0.2, 0.25) is 0 Å². The molecule has 6 nitrogen and oxygen atoms in total. The number of aryl methyl sites for hydroxylation is 3. The van der Waals surface area contributed by atoms with E-state index in [1.165, 1.54) is 11.3 Å². The van der Waals surface area contributed by atoms with Gasteiger partial charge in [0, 0.05) is 4.88 Å². The van der Waals surface area contributed by atoms with Crippen LogP contribution in [0.1, 0.15) is 51.7 Å². The van der Waals surface area contributed by atoms with Crippen molar-refractivity contribution >= 4 is 32.3 Å². The predicted molar refractivity (Wildman–Crippen MR) is 110 cm³/mol. The zero-order valence-electron chi connectivity index (χ0n) is 16.5. The highest BCUT2D eigenvalue weighted by Gasteiger charge is 2.30. The third kappa shape index (κ3) is 3.89. The Morgan fingerprint density at radius 1 is 1.18 bits per heavy atom. The molecule has 0 radical (unpaired) electrons. The maximum absolute atomic E-state index is 13.2. The lowest BCUT2D eigenvalue weighted by Gasteiger charge is -2.15. The van der Waals surface area contributed by atoms with Crippen LogP contribution in [0, 0.1) is 13.8 Å². The Hall–Kier alpha value is -2.06. The molecule has 152 valence electrons. The van der Waals surface area contributed by atoms with Gasteiger partial charge in [0.25, 0.3) is 10.0 Å². The molecular weight excluding hydrogens is 398 g/mol. The molecule has 0 bridgehead atoms. The van der Waals surface area contributed by atoms with E-state index >= 15 is 0 Å². The minimum Gasteiger partial charge on any atom is -0.497 e. The van der Waals surface area contributed by atoms with E-state index in [2.05, 4.69) is 4.72 Å². The van der Waals surface area contributed by atoms with Crippen molar-refractivity contribution in [2.45, 2.75) is 51.3 Å². The number of benzene rings is 1. The first kappa shape index (κ1) is 20.7. The average molecular weight is 424 g/mol. The van der Waals surface area contributed by atoms with Gasteiger partial charge in [-0.05, 0) is 75.3 Å². The predicted octanol–water partition coefficient (Wildman–Crippen LogP) is 4.23. The summed E-state index contributed by atoms with van der Waals surface area (Å²) in [6.45, 7) is 5.45. The van der Waals surface area contributed by atoms with E-state index in [1.807, 2.05) is 0 Å². The molecule has 3 rings (SSSR count). The van der Waals surface area contributed by atoms with E-state index in [0.717, 1.165) is 36.1 Å². The maximum Gasteiger partial charge on any atom is 0.341 e. The van der Waals surface area contributed by atoms with Gasteiger partial charge in [-0.2, -0.15) is 0 Å². The van der Waals surface area contributed by atoms with Gasteiger partial charge in [0.15, 0.2) is 0 Å². The molecule has 0 fully saturated rings. The first-order valence-corrected chi connectivity index (χ1v) is 11.6. The van der Waals surface area contributed by atoms with Gasteiger partial charge in [0.1, 0.15) is 10.8 Å². The molecule has 1 aromatic heterocycles. The van der Waals surface area contributed by atoms with Gasteiger partial charge in [-0.1, -0.05) is 0 Å². The summed E-state index contributed by atoms with van der Waals surface area (Å²) < 4.78 is 39.5. The Bertz CT molecular complexity index is 985. The van der Waals surface area contributed by atoms with E-state index in [4.69, 9.17) is 9.47 Å². The van der Waals surface area contributed by atoms with Crippen molar-refractivity contribution in [3.05, 3.63) is 39.3 Å². The largest absolute Gasteiger partial charge is 0.497 e. The van der Waals surface area contributed by atoms with Crippen molar-refractivity contribution in [1.82, 2.24) is 0 Å². The molecule has 0 saturated heterocycles. The second kappa shape index (κ2) is 8.13. The summed E-state index contributed by atoms with van der Waals surface area (Å²) in [6.07, 6.45) is 3.65. The number of nitrogens with one attached hydrogen (secondary N) is 1. The summed E-state index contributed by atoms with van der Waals surface area (Å²) in [7, 11) is -2.33. The topological polar surface area (TPSA) is 81.7 Å². The van der Waals surface area contributed by atoms with Crippen molar-refractivity contribution in [1.29, 1.82) is 0 Å². The van der Waals surface area contributed by atoms with E-state index in [0.29, 0.717) is 27.4 Å². The van der Waals surface area contributed by atoms with Crippen LogP contribution < -0.4 is 9.46 Å². The monoisotopic (exact) mass is 423 g/mol. The average Bonchev–Trinajstić information content (AvgIpc) is 2.97. The minimum absolute atomic E-state index is 0.203. The molecule has 0 amide bonds. The molecular formula is C20H25NO5S2. The Morgan fingerprint density at radius 3 is 2.43 bits per heavy atom. The van der Waals surface area contributed by atoms with Crippen LogP contribution in [0.25, 0.3) is 0 Å². The van der Waals surface area contributed by atoms with Gasteiger partial charge >= 0.3 is 5.97 Å². The molecule has 28 heavy (non-hydrogen) atoms. The van der Waals surface area contributed by atoms with Crippen LogP contribution in [0.15, 0.2) is 17.0 Å². The Morgan fingerprint density at radius 2 is 1.82 bits per heavy atom. The smallest absolute Gasteiger partial charge is 0.341 e. The molecule has 0 unspecified atom stereocenters. The summed E-state index contributed by atoms with van der Waals surface area (Å²) in [5, 5.41) is 0.347. The summed E-state index contributed by atoms with van der Waals surface area (Å²) >= 11 is 1.34. The third-order valence-electron chi connectivity index (χ3n) is 4.82. The van der Waals surface area contributed by atoms with Crippen LogP contribution in [-0.2, 0) is 27.6 Å². The van der Waals surface area contributed by atoms with E-state index < -0.39 is 16.0 Å². The Balaban J connectivity index is 2.06. The van der Waals surface area contributed by atoms with Gasteiger partial charge in [0.2, 0.25) is 0 Å². The number of carbonyl (C=O) groups excluding carboxylic acids is 1. The van der Waals surface area contributed by atoms with Crippen molar-refractivity contribution in [3.8, 4) is 5.75 Å². The number of rotatable bonds is 6. The number of hydrogen-bond acceptors (Lipinski definition) is 6. The van der Waals surface area contributed by atoms with E-state index in [-0.39, 0.29) is 11.5 Å². The fourth-order valence-corrected chi connectivity index (χ4v) is 6.72. The normalized spacial score (nSPS) is 13.7. The highest BCUT2D eigenvalue weighted by Crippen LogP contribution is 2.40. The Kier molecular flexibility index (Phi) is 6.00. The molecule has 1 N–H and O–H groups in total. The van der Waals surface area contributed by atoms with Crippen molar-refractivity contribution in [2.75, 3.05) is 18.4 Å². The first-order chi connectivity index (χ1) is 13.3. The number of esters is 1. The molecule has 1 heterocycles. The number of methoxy groups -OCH3 is 1. The summed E-state index contributed by atoms with van der Waals surface area (Å²) in [4.78, 5) is 13.8. The van der Waals surface area contributed by atoms with Gasteiger partial charge in [-0.15, -0.1) is 11.3 Å². The number of ether oxygens (including phenoxy) is 2. The second-order valence-electron chi connectivity index (χ2n) is 6.83. The van der Waals surface area contributed by atoms with Gasteiger partial charge < -0.3 is 9.47 Å². The Labute approximate surface area is 169 Å². The number of carbonyl (C=O) groups is 1. The molecule has 1 aliphatic carbocycles. The highest BCUT2D eigenvalue weighted by atomic mass is 32.2. The van der Waals surface area contributed by atoms with Gasteiger partial charge in [-0.3, -0.25) is 4.72 Å². The van der Waals surface area contributed by atoms with Crippen molar-refractivity contribution < 1.29 is 22.7 Å². The minimum atomic E-state index is -3.87. The summed E-state index contributed by atoms with van der Waals surface area (Å²) in [5.74, 6) is 0.135. The zero-order valence-corrected chi connectivity index (χ0v) is 18.2. The van der Waals surface area contributed by atoms with E-state index in [9.17, 15) is 13.2 Å². The number of hydrogen-bond donors (Lipinski definition) is 1. The fourth-order valence-electron chi connectivity index (χ4n) is 3.68. The molecule has 2 aromatic rings. The van der Waals surface area contributed by atoms with Gasteiger partial charge in [-0.25, -0.2) is 13.2 Å². The number of fused-ring (bicyclic) bond motifs is 1. The highest BCUT2D eigenvalue weighted by molar-refractivity contribution is 7.93. The van der Waals surface area contributed by atoms with Crippen LogP contribution in [0.5, 0.6) is 5.75 Å². The molecule has 0 aliphatic heterocycles. The lowest BCUT2D eigenvalue weighted by molar-refractivity contribution is 0.0526. The number of sulfonamides is 1. The summed E-state index contributed by atoms with van der Waals surface area (Å²) in [6, 6.07) is 3.38. The maximum atomic E-state index is 13.2. The first-order valence-electron chi connectivity index (χ1n) is 9.28. The lowest BCUT2D eigenvalue weighted by atomic mass is 9.95. The molecule has 1 aromatic carbocycles. The van der Waals surface area contributed by atoms with Gasteiger partial charge in [0.05, 0.1) is 24.2 Å². The summed E-state index contributed by atoms with van der Waals surface area (Å²) in [5.41, 5.74) is 2.47. The fraction of sp³-hybridized carbons (Fsp3) is 0.450. The lowest BCUT2D eigenvalue weighted by Crippen LogP contribution is -2.18. The quantitative estimate of drug-likeness (QED) is 0.703. The second-order valence-corrected chi connectivity index (χ2v) is 9.56. The van der Waals surface area contributed by atoms with Crippen LogP contribution in [0.3, 0.4) is 0 Å². The van der Waals surface area contributed by atoms with Crippen molar-refractivity contribution in [3.63, 3.8) is 0 Å². The zero-order chi connectivity index (χ0) is 20.5.